The summed E-state index contributed by atoms with van der Waals surface area (Å²) in [6, 6.07) is 10.6. The lowest BCUT2D eigenvalue weighted by Crippen LogP contribution is -2.23. The SMILES string of the molecule is COC(=O)C(Nc1ccccc1Cl)c1cc(C)ccc1F. The number of hydrogen-bond acceptors (Lipinski definition) is 3. The summed E-state index contributed by atoms with van der Waals surface area (Å²) >= 11 is 6.07. The van der Waals surface area contributed by atoms with Gasteiger partial charge < -0.3 is 10.1 Å². The van der Waals surface area contributed by atoms with Crippen molar-refractivity contribution < 1.29 is 13.9 Å². The van der Waals surface area contributed by atoms with Crippen molar-refractivity contribution >= 4 is 23.3 Å². The minimum Gasteiger partial charge on any atom is -0.467 e. The minimum absolute atomic E-state index is 0.224. The summed E-state index contributed by atoms with van der Waals surface area (Å²) < 4.78 is 18.8. The molecule has 0 aliphatic rings. The normalized spacial score (nSPS) is 11.8. The largest absolute Gasteiger partial charge is 0.467 e. The average molecular weight is 308 g/mol. The fourth-order valence-corrected chi connectivity index (χ4v) is 2.19. The van der Waals surface area contributed by atoms with Gasteiger partial charge in [0.15, 0.2) is 6.04 Å². The highest BCUT2D eigenvalue weighted by atomic mass is 35.5. The Kier molecular flexibility index (Phi) is 4.81. The number of aryl methyl sites for hydroxylation is 1. The van der Waals surface area contributed by atoms with E-state index in [1.54, 1.807) is 36.4 Å². The number of methoxy groups -OCH3 is 1. The smallest absolute Gasteiger partial charge is 0.333 e. The molecule has 5 heteroatoms. The Balaban J connectivity index is 2.42. The van der Waals surface area contributed by atoms with Crippen LogP contribution in [-0.2, 0) is 9.53 Å². The van der Waals surface area contributed by atoms with E-state index in [1.165, 1.54) is 13.2 Å². The van der Waals surface area contributed by atoms with Gasteiger partial charge >= 0.3 is 5.97 Å². The molecule has 1 atom stereocenters. The van der Waals surface area contributed by atoms with Crippen LogP contribution in [0.2, 0.25) is 5.02 Å². The van der Waals surface area contributed by atoms with Gasteiger partial charge in [-0.15, -0.1) is 0 Å². The molecule has 110 valence electrons. The summed E-state index contributed by atoms with van der Waals surface area (Å²) in [5, 5.41) is 3.38. The Labute approximate surface area is 127 Å². The molecule has 3 nitrogen and oxygen atoms in total. The molecular formula is C16H15ClFNO2. The highest BCUT2D eigenvalue weighted by Crippen LogP contribution is 2.28. The maximum Gasteiger partial charge on any atom is 0.333 e. The molecule has 0 bridgehead atoms. The Morgan fingerprint density at radius 3 is 2.67 bits per heavy atom. The number of carbonyl (C=O) groups excluding carboxylic acids is 1. The first-order valence-corrected chi connectivity index (χ1v) is 6.75. The van der Waals surface area contributed by atoms with Crippen molar-refractivity contribution in [1.29, 1.82) is 0 Å². The lowest BCUT2D eigenvalue weighted by Gasteiger charge is -2.19. The highest BCUT2D eigenvalue weighted by Gasteiger charge is 2.25. The number of hydrogen-bond donors (Lipinski definition) is 1. The van der Waals surface area contributed by atoms with Crippen molar-refractivity contribution in [2.75, 3.05) is 12.4 Å². The van der Waals surface area contributed by atoms with E-state index in [1.807, 2.05) is 6.92 Å². The van der Waals surface area contributed by atoms with E-state index in [-0.39, 0.29) is 5.56 Å². The molecular weight excluding hydrogens is 293 g/mol. The molecule has 2 aromatic rings. The molecule has 0 heterocycles. The van der Waals surface area contributed by atoms with E-state index in [0.29, 0.717) is 10.7 Å². The van der Waals surface area contributed by atoms with Gasteiger partial charge in [-0.25, -0.2) is 9.18 Å². The van der Waals surface area contributed by atoms with Crippen LogP contribution in [0.3, 0.4) is 0 Å². The third-order valence-electron chi connectivity index (χ3n) is 3.07. The zero-order valence-corrected chi connectivity index (χ0v) is 12.4. The second kappa shape index (κ2) is 6.59. The molecule has 0 aliphatic heterocycles. The lowest BCUT2D eigenvalue weighted by atomic mass is 10.0. The van der Waals surface area contributed by atoms with E-state index in [9.17, 15) is 9.18 Å². The van der Waals surface area contributed by atoms with Crippen molar-refractivity contribution in [1.82, 2.24) is 0 Å². The molecule has 0 saturated heterocycles. The summed E-state index contributed by atoms with van der Waals surface area (Å²) in [6.07, 6.45) is 0. The number of carbonyl (C=O) groups is 1. The van der Waals surface area contributed by atoms with E-state index in [4.69, 9.17) is 16.3 Å². The number of ether oxygens (including phenoxy) is 1. The van der Waals surface area contributed by atoms with E-state index >= 15 is 0 Å². The molecule has 2 aromatic carbocycles. The van der Waals surface area contributed by atoms with Crippen LogP contribution in [0.15, 0.2) is 42.5 Å². The number of halogens is 2. The summed E-state index contributed by atoms with van der Waals surface area (Å²) in [5.74, 6) is -1.06. The second-order valence-electron chi connectivity index (χ2n) is 4.61. The van der Waals surface area contributed by atoms with Crippen molar-refractivity contribution in [3.8, 4) is 0 Å². The average Bonchev–Trinajstić information content (AvgIpc) is 2.48. The topological polar surface area (TPSA) is 38.3 Å². The van der Waals surface area contributed by atoms with Crippen LogP contribution >= 0.6 is 11.6 Å². The predicted octanol–water partition coefficient (Wildman–Crippen LogP) is 4.11. The fourth-order valence-electron chi connectivity index (χ4n) is 2.00. The number of nitrogens with one attached hydrogen (secondary N) is 1. The fraction of sp³-hybridized carbons (Fsp3) is 0.188. The van der Waals surface area contributed by atoms with Gasteiger partial charge in [0, 0.05) is 5.56 Å². The first kappa shape index (κ1) is 15.3. The van der Waals surface area contributed by atoms with Crippen molar-refractivity contribution in [2.24, 2.45) is 0 Å². The maximum atomic E-state index is 14.0. The van der Waals surface area contributed by atoms with Crippen molar-refractivity contribution in [2.45, 2.75) is 13.0 Å². The van der Waals surface area contributed by atoms with Gasteiger partial charge in [-0.1, -0.05) is 41.4 Å². The zero-order valence-electron chi connectivity index (χ0n) is 11.7. The van der Waals surface area contributed by atoms with E-state index in [2.05, 4.69) is 5.32 Å². The van der Waals surface area contributed by atoms with Crippen LogP contribution in [0.1, 0.15) is 17.2 Å². The van der Waals surface area contributed by atoms with Crippen LogP contribution in [-0.4, -0.2) is 13.1 Å². The van der Waals surface area contributed by atoms with Crippen LogP contribution in [0.4, 0.5) is 10.1 Å². The van der Waals surface area contributed by atoms with Crippen LogP contribution < -0.4 is 5.32 Å². The zero-order chi connectivity index (χ0) is 15.4. The molecule has 0 radical (unpaired) electrons. The van der Waals surface area contributed by atoms with Gasteiger partial charge in [0.25, 0.3) is 0 Å². The summed E-state index contributed by atoms with van der Waals surface area (Å²) in [4.78, 5) is 12.0. The van der Waals surface area contributed by atoms with E-state index < -0.39 is 17.8 Å². The summed E-state index contributed by atoms with van der Waals surface area (Å²) in [6.45, 7) is 1.83. The predicted molar refractivity (Wildman–Crippen MR) is 81.0 cm³/mol. The third-order valence-corrected chi connectivity index (χ3v) is 3.40. The number of esters is 1. The van der Waals surface area contributed by atoms with Gasteiger partial charge in [-0.05, 0) is 25.1 Å². The number of anilines is 1. The first-order chi connectivity index (χ1) is 10.0. The van der Waals surface area contributed by atoms with Gasteiger partial charge in [-0.3, -0.25) is 0 Å². The first-order valence-electron chi connectivity index (χ1n) is 6.38. The third kappa shape index (κ3) is 3.52. The second-order valence-corrected chi connectivity index (χ2v) is 5.01. The maximum absolute atomic E-state index is 14.0. The molecule has 0 saturated carbocycles. The standard InChI is InChI=1S/C16H15ClFNO2/c1-10-7-8-13(18)11(9-10)15(16(20)21-2)19-14-6-4-3-5-12(14)17/h3-9,15,19H,1-2H3. The Morgan fingerprint density at radius 2 is 2.00 bits per heavy atom. The summed E-state index contributed by atoms with van der Waals surface area (Å²) in [5.41, 5.74) is 1.61. The van der Waals surface area contributed by atoms with Gasteiger partial charge in [0.1, 0.15) is 5.82 Å². The molecule has 1 unspecified atom stereocenters. The molecule has 0 spiro atoms. The Hall–Kier alpha value is -2.07. The molecule has 0 amide bonds. The molecule has 21 heavy (non-hydrogen) atoms. The molecule has 0 aromatic heterocycles. The van der Waals surface area contributed by atoms with Crippen LogP contribution in [0.25, 0.3) is 0 Å². The molecule has 0 fully saturated rings. The quantitative estimate of drug-likeness (QED) is 0.864. The van der Waals surface area contributed by atoms with Crippen molar-refractivity contribution in [3.63, 3.8) is 0 Å². The molecule has 2 rings (SSSR count). The minimum atomic E-state index is -0.963. The molecule has 0 aliphatic carbocycles. The van der Waals surface area contributed by atoms with Gasteiger partial charge in [-0.2, -0.15) is 0 Å². The Morgan fingerprint density at radius 1 is 1.29 bits per heavy atom. The number of rotatable bonds is 4. The highest BCUT2D eigenvalue weighted by molar-refractivity contribution is 6.33. The number of para-hydroxylation sites is 1. The van der Waals surface area contributed by atoms with Crippen molar-refractivity contribution in [3.05, 3.63) is 64.4 Å². The lowest BCUT2D eigenvalue weighted by molar-refractivity contribution is -0.141. The molecule has 1 N–H and O–H groups in total. The van der Waals surface area contributed by atoms with E-state index in [0.717, 1.165) is 5.56 Å². The van der Waals surface area contributed by atoms with Gasteiger partial charge in [0.2, 0.25) is 0 Å². The summed E-state index contributed by atoms with van der Waals surface area (Å²) in [7, 11) is 1.26. The van der Waals surface area contributed by atoms with Crippen LogP contribution in [0.5, 0.6) is 0 Å². The number of benzene rings is 2. The van der Waals surface area contributed by atoms with Gasteiger partial charge in [0.05, 0.1) is 17.8 Å². The monoisotopic (exact) mass is 307 g/mol. The van der Waals surface area contributed by atoms with Crippen LogP contribution in [0, 0.1) is 12.7 Å². The Bertz CT molecular complexity index is 660.